The summed E-state index contributed by atoms with van der Waals surface area (Å²) in [7, 11) is 1.87. The minimum Gasteiger partial charge on any atom is -0.489 e. The van der Waals surface area contributed by atoms with E-state index < -0.39 is 0 Å². The number of benzene rings is 3. The molecule has 8 heteroatoms. The quantitative estimate of drug-likeness (QED) is 0.216. The average Bonchev–Trinajstić information content (AvgIpc) is 2.93. The summed E-state index contributed by atoms with van der Waals surface area (Å²) >= 11 is 0. The van der Waals surface area contributed by atoms with Crippen molar-refractivity contribution in [3.8, 4) is 5.75 Å². The maximum absolute atomic E-state index is 13.1. The van der Waals surface area contributed by atoms with E-state index in [4.69, 9.17) is 4.74 Å². The van der Waals surface area contributed by atoms with E-state index in [-0.39, 0.29) is 11.7 Å². The first-order valence-corrected chi connectivity index (χ1v) is 11.4. The Morgan fingerprint density at radius 1 is 1.03 bits per heavy atom. The lowest BCUT2D eigenvalue weighted by molar-refractivity contribution is -0.112. The molecule has 2 amide bonds. The molecule has 4 aromatic rings. The van der Waals surface area contributed by atoms with Crippen molar-refractivity contribution in [1.29, 1.82) is 0 Å². The molecule has 0 fully saturated rings. The van der Waals surface area contributed by atoms with E-state index in [9.17, 15) is 14.0 Å². The Kier molecular flexibility index (Phi) is 7.90. The topological polar surface area (TPSA) is 74.8 Å². The number of amides is 2. The van der Waals surface area contributed by atoms with Crippen molar-refractivity contribution in [3.05, 3.63) is 115 Å². The second-order valence-corrected chi connectivity index (χ2v) is 8.05. The maximum Gasteiger partial charge on any atom is 0.247 e. The number of nitrogens with one attached hydrogen (secondary N) is 1. The first-order valence-electron chi connectivity index (χ1n) is 11.4. The Balaban J connectivity index is 1.54. The average molecular weight is 497 g/mol. The first kappa shape index (κ1) is 25.1. The third kappa shape index (κ3) is 6.18. The summed E-state index contributed by atoms with van der Waals surface area (Å²) in [5.41, 5.74) is 4.12. The number of nitrogens with zero attached hydrogens (tertiary/aromatic N) is 3. The number of ether oxygens (including phenoxy) is 1. The molecule has 0 aliphatic heterocycles. The summed E-state index contributed by atoms with van der Waals surface area (Å²) in [6.45, 7) is 3.78. The molecule has 0 atom stereocenters. The Bertz CT molecular complexity index is 1390. The van der Waals surface area contributed by atoms with Crippen LogP contribution in [0.2, 0.25) is 0 Å². The van der Waals surface area contributed by atoms with Gasteiger partial charge in [-0.1, -0.05) is 24.8 Å². The van der Waals surface area contributed by atoms with Crippen LogP contribution in [0.1, 0.15) is 5.56 Å². The van der Waals surface area contributed by atoms with Gasteiger partial charge in [-0.2, -0.15) is 0 Å². The molecule has 0 unspecified atom stereocenters. The highest BCUT2D eigenvalue weighted by Gasteiger charge is 2.17. The number of hydrogen-bond donors (Lipinski definition) is 1. The highest BCUT2D eigenvalue weighted by Crippen LogP contribution is 2.36. The number of anilines is 5. The van der Waals surface area contributed by atoms with Crippen LogP contribution < -0.4 is 19.9 Å². The van der Waals surface area contributed by atoms with Gasteiger partial charge < -0.3 is 15.0 Å². The third-order valence-corrected chi connectivity index (χ3v) is 5.62. The summed E-state index contributed by atoms with van der Waals surface area (Å²) in [6.07, 6.45) is 5.18. The monoisotopic (exact) mass is 496 g/mol. The summed E-state index contributed by atoms with van der Waals surface area (Å²) in [5, 5.41) is 2.70. The molecule has 3 aromatic carbocycles. The van der Waals surface area contributed by atoms with Crippen LogP contribution in [0.4, 0.5) is 32.8 Å². The molecule has 0 spiro atoms. The molecular weight excluding hydrogens is 471 g/mol. The zero-order chi connectivity index (χ0) is 26.2. The van der Waals surface area contributed by atoms with E-state index in [1.54, 1.807) is 54.9 Å². The highest BCUT2D eigenvalue weighted by atomic mass is 19.1. The Labute approximate surface area is 214 Å². The lowest BCUT2D eigenvalue weighted by atomic mass is 10.2. The van der Waals surface area contributed by atoms with Gasteiger partial charge in [-0.05, 0) is 72.3 Å². The minimum absolute atomic E-state index is 0.286. The van der Waals surface area contributed by atoms with Crippen LogP contribution in [0, 0.1) is 5.82 Å². The van der Waals surface area contributed by atoms with Gasteiger partial charge in [0.05, 0.1) is 23.3 Å². The molecule has 1 aromatic heterocycles. The fourth-order valence-corrected chi connectivity index (χ4v) is 3.68. The van der Waals surface area contributed by atoms with Crippen molar-refractivity contribution in [2.45, 2.75) is 6.61 Å². The SMILES string of the molecule is C=CC(=O)Nc1cccc(N(C=O)c2ccncc2N(C)c2ccc(OCc3ccc(F)cc3)cc2)c1. The van der Waals surface area contributed by atoms with Crippen LogP contribution in [-0.4, -0.2) is 24.3 Å². The summed E-state index contributed by atoms with van der Waals surface area (Å²) in [4.78, 5) is 31.6. The van der Waals surface area contributed by atoms with Crippen molar-refractivity contribution in [3.63, 3.8) is 0 Å². The minimum atomic E-state index is -0.343. The smallest absolute Gasteiger partial charge is 0.247 e. The summed E-state index contributed by atoms with van der Waals surface area (Å²) in [6, 6.07) is 22.3. The van der Waals surface area contributed by atoms with Gasteiger partial charge >= 0.3 is 0 Å². The van der Waals surface area contributed by atoms with Crippen LogP contribution in [0.5, 0.6) is 5.75 Å². The molecule has 0 saturated heterocycles. The predicted molar refractivity (Wildman–Crippen MR) is 143 cm³/mol. The zero-order valence-electron chi connectivity index (χ0n) is 20.2. The predicted octanol–water partition coefficient (Wildman–Crippen LogP) is 5.99. The number of carbonyl (C=O) groups is 2. The second kappa shape index (κ2) is 11.6. The van der Waals surface area contributed by atoms with Crippen molar-refractivity contribution in [2.24, 2.45) is 0 Å². The van der Waals surface area contributed by atoms with Crippen molar-refractivity contribution in [1.82, 2.24) is 4.98 Å². The Morgan fingerprint density at radius 3 is 2.49 bits per heavy atom. The number of aromatic nitrogens is 1. The molecule has 186 valence electrons. The van der Waals surface area contributed by atoms with Crippen LogP contribution in [0.3, 0.4) is 0 Å². The van der Waals surface area contributed by atoms with Crippen LogP contribution >= 0.6 is 0 Å². The number of rotatable bonds is 10. The van der Waals surface area contributed by atoms with Crippen LogP contribution in [0.25, 0.3) is 0 Å². The van der Waals surface area contributed by atoms with Gasteiger partial charge in [-0.3, -0.25) is 19.5 Å². The summed E-state index contributed by atoms with van der Waals surface area (Å²) < 4.78 is 18.9. The van der Waals surface area contributed by atoms with Crippen molar-refractivity contribution in [2.75, 3.05) is 22.2 Å². The van der Waals surface area contributed by atoms with Gasteiger partial charge in [-0.15, -0.1) is 0 Å². The number of carbonyl (C=O) groups excluding carboxylic acids is 2. The van der Waals surface area contributed by atoms with E-state index in [0.717, 1.165) is 11.3 Å². The molecule has 0 aliphatic rings. The zero-order valence-corrected chi connectivity index (χ0v) is 20.2. The van der Waals surface area contributed by atoms with Crippen molar-refractivity contribution >= 4 is 40.8 Å². The second-order valence-electron chi connectivity index (χ2n) is 8.05. The highest BCUT2D eigenvalue weighted by molar-refractivity contribution is 6.00. The lowest BCUT2D eigenvalue weighted by Gasteiger charge is -2.27. The molecule has 0 saturated carbocycles. The molecule has 1 heterocycles. The summed E-state index contributed by atoms with van der Waals surface area (Å²) in [5.74, 6) is 0.0382. The Hall–Kier alpha value is -4.98. The van der Waals surface area contributed by atoms with Gasteiger partial charge in [-0.25, -0.2) is 4.39 Å². The fourth-order valence-electron chi connectivity index (χ4n) is 3.68. The molecule has 0 bridgehead atoms. The molecular formula is C29H25FN4O3. The first-order chi connectivity index (χ1) is 18.0. The van der Waals surface area contributed by atoms with Crippen LogP contribution in [-0.2, 0) is 16.2 Å². The van der Waals surface area contributed by atoms with E-state index >= 15 is 0 Å². The molecule has 1 N–H and O–H groups in total. The Morgan fingerprint density at radius 2 is 1.78 bits per heavy atom. The molecule has 37 heavy (non-hydrogen) atoms. The molecule has 7 nitrogen and oxygen atoms in total. The molecule has 4 rings (SSSR count). The maximum atomic E-state index is 13.1. The standard InChI is InChI=1S/C29H25FN4O3/c1-3-29(36)32-23-5-4-6-25(17-23)34(20-35)27-15-16-31-18-28(27)33(2)24-11-13-26(14-12-24)37-19-21-7-9-22(30)10-8-21/h3-18,20H,1,19H2,2H3,(H,32,36). The van der Waals surface area contributed by atoms with Gasteiger partial charge in [0.2, 0.25) is 12.3 Å². The normalized spacial score (nSPS) is 10.3. The molecule has 0 aliphatic carbocycles. The fraction of sp³-hybridized carbons (Fsp3) is 0.0690. The third-order valence-electron chi connectivity index (χ3n) is 5.62. The van der Waals surface area contributed by atoms with E-state index in [1.807, 2.05) is 36.2 Å². The van der Waals surface area contributed by atoms with Crippen molar-refractivity contribution < 1.29 is 18.7 Å². The van der Waals surface area contributed by atoms with E-state index in [1.165, 1.54) is 23.1 Å². The van der Waals surface area contributed by atoms with Gasteiger partial charge in [0.15, 0.2) is 0 Å². The van der Waals surface area contributed by atoms with Gasteiger partial charge in [0, 0.05) is 24.6 Å². The van der Waals surface area contributed by atoms with Crippen LogP contribution in [0.15, 0.2) is 104 Å². The molecule has 0 radical (unpaired) electrons. The van der Waals surface area contributed by atoms with E-state index in [0.29, 0.717) is 41.5 Å². The number of pyridine rings is 1. The van der Waals surface area contributed by atoms with Gasteiger partial charge in [0.1, 0.15) is 18.2 Å². The number of hydrogen-bond acceptors (Lipinski definition) is 5. The largest absolute Gasteiger partial charge is 0.489 e. The van der Waals surface area contributed by atoms with E-state index in [2.05, 4.69) is 16.9 Å². The van der Waals surface area contributed by atoms with Gasteiger partial charge in [0.25, 0.3) is 0 Å². The number of halogens is 1. The lowest BCUT2D eigenvalue weighted by Crippen LogP contribution is -2.19.